The van der Waals surface area contributed by atoms with Gasteiger partial charge in [0, 0.05) is 50.5 Å². The Morgan fingerprint density at radius 2 is 2.03 bits per heavy atom. The van der Waals surface area contributed by atoms with Crippen molar-refractivity contribution in [1.82, 2.24) is 25.6 Å². The van der Waals surface area contributed by atoms with E-state index in [-0.39, 0.29) is 17.4 Å². The second-order valence-electron chi connectivity index (χ2n) is 8.99. The molecule has 4 heterocycles. The Kier molecular flexibility index (Phi) is 5.77. The third-order valence-corrected chi connectivity index (χ3v) is 7.05. The second kappa shape index (κ2) is 8.71. The minimum Gasteiger partial charge on any atom is -0.381 e. The topological polar surface area (TPSA) is 102 Å². The van der Waals surface area contributed by atoms with Crippen molar-refractivity contribution in [1.29, 1.82) is 0 Å². The molecule has 3 aliphatic rings. The van der Waals surface area contributed by atoms with Gasteiger partial charge in [0.05, 0.1) is 23.0 Å². The molecule has 1 spiro atoms. The minimum absolute atomic E-state index is 0.0651. The maximum absolute atomic E-state index is 12.0. The quantitative estimate of drug-likeness (QED) is 0.657. The Balaban J connectivity index is 1.46. The average Bonchev–Trinajstić information content (AvgIpc) is 3.44. The van der Waals surface area contributed by atoms with Crippen LogP contribution in [0.5, 0.6) is 0 Å². The summed E-state index contributed by atoms with van der Waals surface area (Å²) in [6, 6.07) is 0.345. The zero-order valence-electron chi connectivity index (χ0n) is 18.8. The highest BCUT2D eigenvalue weighted by molar-refractivity contribution is 5.95. The van der Waals surface area contributed by atoms with Crippen molar-refractivity contribution in [2.75, 3.05) is 25.6 Å². The van der Waals surface area contributed by atoms with Crippen LogP contribution in [0, 0.1) is 5.92 Å². The molecule has 1 amide bonds. The van der Waals surface area contributed by atoms with Gasteiger partial charge in [-0.05, 0) is 51.5 Å². The van der Waals surface area contributed by atoms with E-state index in [0.29, 0.717) is 6.04 Å². The lowest BCUT2D eigenvalue weighted by atomic mass is 9.78. The molecule has 2 aliphatic heterocycles. The number of carbonyl (C=O) groups excluding carboxylic acids is 1. The van der Waals surface area contributed by atoms with E-state index >= 15 is 0 Å². The summed E-state index contributed by atoms with van der Waals surface area (Å²) in [7, 11) is 1.70. The number of ether oxygens (including phenoxy) is 1. The molecule has 172 valence electrons. The van der Waals surface area contributed by atoms with E-state index in [1.807, 2.05) is 17.1 Å². The molecule has 0 unspecified atom stereocenters. The molecule has 2 fully saturated rings. The highest BCUT2D eigenvalue weighted by Crippen LogP contribution is 2.42. The highest BCUT2D eigenvalue weighted by atomic mass is 16.7. The molecule has 32 heavy (non-hydrogen) atoms. The molecule has 5 rings (SSSR count). The summed E-state index contributed by atoms with van der Waals surface area (Å²) in [5.41, 5.74) is 6.65. The number of rotatable bonds is 5. The van der Waals surface area contributed by atoms with Gasteiger partial charge in [-0.15, -0.1) is 0 Å². The Labute approximate surface area is 187 Å². The van der Waals surface area contributed by atoms with Crippen LogP contribution in [0.1, 0.15) is 51.0 Å². The fraction of sp³-hybridized carbons (Fsp3) is 0.609. The molecule has 1 aliphatic carbocycles. The Morgan fingerprint density at radius 1 is 1.25 bits per heavy atom. The van der Waals surface area contributed by atoms with Crippen LogP contribution in [0.2, 0.25) is 0 Å². The summed E-state index contributed by atoms with van der Waals surface area (Å²) < 4.78 is 7.46. The molecule has 9 nitrogen and oxygen atoms in total. The van der Waals surface area contributed by atoms with Crippen molar-refractivity contribution in [3.8, 4) is 0 Å². The van der Waals surface area contributed by atoms with Crippen LogP contribution < -0.4 is 16.1 Å². The van der Waals surface area contributed by atoms with Gasteiger partial charge in [0.15, 0.2) is 5.65 Å². The number of aryl methyl sites for hydroxylation is 1. The smallest absolute Gasteiger partial charge is 0.222 e. The van der Waals surface area contributed by atoms with Gasteiger partial charge >= 0.3 is 0 Å². The lowest BCUT2D eigenvalue weighted by Gasteiger charge is -2.33. The number of fused-ring (bicyclic) bond motifs is 1. The molecule has 3 N–H and O–H groups in total. The number of anilines is 1. The summed E-state index contributed by atoms with van der Waals surface area (Å²) in [5, 5.41) is 12.1. The number of nitrogens with one attached hydrogen (secondary N) is 3. The van der Waals surface area contributed by atoms with E-state index in [2.05, 4.69) is 34.2 Å². The van der Waals surface area contributed by atoms with Crippen LogP contribution >= 0.6 is 0 Å². The highest BCUT2D eigenvalue weighted by Gasteiger charge is 2.41. The molecule has 0 radical (unpaired) electrons. The van der Waals surface area contributed by atoms with Gasteiger partial charge in [-0.1, -0.05) is 0 Å². The van der Waals surface area contributed by atoms with Crippen molar-refractivity contribution >= 4 is 28.3 Å². The first kappa shape index (κ1) is 21.2. The minimum atomic E-state index is -0.377. The number of hydroxylamine groups is 1. The van der Waals surface area contributed by atoms with Crippen molar-refractivity contribution < 1.29 is 14.4 Å². The zero-order chi connectivity index (χ0) is 22.1. The molecular formula is C23H32N6O3. The van der Waals surface area contributed by atoms with Crippen molar-refractivity contribution in [3.05, 3.63) is 24.0 Å². The van der Waals surface area contributed by atoms with Crippen molar-refractivity contribution in [2.24, 2.45) is 5.92 Å². The summed E-state index contributed by atoms with van der Waals surface area (Å²) in [6.07, 6.45) is 11.2. The molecule has 0 aromatic carbocycles. The van der Waals surface area contributed by atoms with E-state index < -0.39 is 0 Å². The van der Waals surface area contributed by atoms with Crippen molar-refractivity contribution in [2.45, 2.75) is 63.6 Å². The largest absolute Gasteiger partial charge is 0.381 e. The monoisotopic (exact) mass is 440 g/mol. The number of amides is 1. The molecule has 2 aromatic heterocycles. The van der Waals surface area contributed by atoms with E-state index in [1.165, 1.54) is 0 Å². The van der Waals surface area contributed by atoms with E-state index in [0.717, 1.165) is 86.3 Å². The van der Waals surface area contributed by atoms with Crippen LogP contribution in [0.15, 0.2) is 18.5 Å². The van der Waals surface area contributed by atoms with Crippen LogP contribution in [-0.4, -0.2) is 52.6 Å². The number of pyridine rings is 1. The molecule has 0 bridgehead atoms. The normalized spacial score (nSPS) is 26.2. The number of hydrogen-bond acceptors (Lipinski definition) is 7. The Hall–Kier alpha value is -2.65. The SMILES string of the molecule is CCn1ncc2c(NC3CCOCC3)c(C3=CC4(CCC(C(=O)NC)CC4)ON3)cnc21. The van der Waals surface area contributed by atoms with Crippen LogP contribution in [0.25, 0.3) is 16.7 Å². The maximum atomic E-state index is 12.0. The summed E-state index contributed by atoms with van der Waals surface area (Å²) in [6.45, 7) is 4.39. The first-order valence-corrected chi connectivity index (χ1v) is 11.7. The van der Waals surface area contributed by atoms with Crippen molar-refractivity contribution in [3.63, 3.8) is 0 Å². The summed E-state index contributed by atoms with van der Waals surface area (Å²) in [4.78, 5) is 22.9. The fourth-order valence-electron chi connectivity index (χ4n) is 5.09. The van der Waals surface area contributed by atoms with Crippen LogP contribution in [0.3, 0.4) is 0 Å². The van der Waals surface area contributed by atoms with Gasteiger partial charge in [0.2, 0.25) is 5.91 Å². The molecule has 1 saturated carbocycles. The molecule has 0 atom stereocenters. The van der Waals surface area contributed by atoms with Gasteiger partial charge in [-0.25, -0.2) is 9.67 Å². The number of hydrogen-bond donors (Lipinski definition) is 3. The van der Waals surface area contributed by atoms with Gasteiger partial charge in [0.25, 0.3) is 0 Å². The molecular weight excluding hydrogens is 408 g/mol. The number of nitrogens with zero attached hydrogens (tertiary/aromatic N) is 3. The first-order chi connectivity index (χ1) is 15.6. The molecule has 1 saturated heterocycles. The predicted molar refractivity (Wildman–Crippen MR) is 122 cm³/mol. The van der Waals surface area contributed by atoms with Gasteiger partial charge in [0.1, 0.15) is 5.60 Å². The second-order valence-corrected chi connectivity index (χ2v) is 8.99. The fourth-order valence-corrected chi connectivity index (χ4v) is 5.09. The van der Waals surface area contributed by atoms with Gasteiger partial charge in [-0.3, -0.25) is 15.1 Å². The van der Waals surface area contributed by atoms with Crippen LogP contribution in [0.4, 0.5) is 5.69 Å². The van der Waals surface area contributed by atoms with Gasteiger partial charge in [-0.2, -0.15) is 5.10 Å². The predicted octanol–water partition coefficient (Wildman–Crippen LogP) is 2.59. The van der Waals surface area contributed by atoms with Crippen LogP contribution in [-0.2, 0) is 20.9 Å². The number of aromatic nitrogens is 3. The standard InChI is InChI=1S/C23H32N6O3/c1-3-29-21-18(14-26-29)20(27-16-6-10-31-11-7-16)17(13-25-21)19-12-23(32-28-19)8-4-15(5-9-23)22(30)24-2/h12-16,28H,3-11H2,1-2H3,(H,24,30)(H,25,27). The third-order valence-electron chi connectivity index (χ3n) is 7.05. The average molecular weight is 441 g/mol. The number of carbonyl (C=O) groups is 1. The Morgan fingerprint density at radius 3 is 2.75 bits per heavy atom. The van der Waals surface area contributed by atoms with E-state index in [4.69, 9.17) is 14.6 Å². The Bertz CT molecular complexity index is 1020. The first-order valence-electron chi connectivity index (χ1n) is 11.7. The third kappa shape index (κ3) is 3.84. The lowest BCUT2D eigenvalue weighted by molar-refractivity contribution is -0.128. The summed E-state index contributed by atoms with van der Waals surface area (Å²) >= 11 is 0. The maximum Gasteiger partial charge on any atom is 0.222 e. The molecule has 2 aromatic rings. The molecule has 9 heteroatoms. The summed E-state index contributed by atoms with van der Waals surface area (Å²) in [5.74, 6) is 0.191. The lowest BCUT2D eigenvalue weighted by Crippen LogP contribution is -2.39. The zero-order valence-corrected chi connectivity index (χ0v) is 18.8. The van der Waals surface area contributed by atoms with E-state index in [9.17, 15) is 4.79 Å². The van der Waals surface area contributed by atoms with Gasteiger partial charge < -0.3 is 15.4 Å². The van der Waals surface area contributed by atoms with E-state index in [1.54, 1.807) is 7.05 Å².